The van der Waals surface area contributed by atoms with Crippen molar-refractivity contribution >= 4 is 49.1 Å². The molecule has 0 radical (unpaired) electrons. The Bertz CT molecular complexity index is 622. The van der Waals surface area contributed by atoms with Crippen molar-refractivity contribution in [1.82, 2.24) is 0 Å². The van der Waals surface area contributed by atoms with Gasteiger partial charge in [0, 0.05) is 26.7 Å². The molecule has 3 N–H and O–H groups in total. The highest BCUT2D eigenvalue weighted by atomic mass is 79.9. The second-order valence-corrected chi connectivity index (χ2v) is 6.40. The molecule has 0 aliphatic carbocycles. The number of nitrogens with two attached hydrogens (primary N) is 1. The van der Waals surface area contributed by atoms with Gasteiger partial charge in [0.25, 0.3) is 0 Å². The smallest absolute Gasteiger partial charge is 0.129 e. The summed E-state index contributed by atoms with van der Waals surface area (Å²) in [5.74, 6) is -0.296. The van der Waals surface area contributed by atoms with Gasteiger partial charge >= 0.3 is 0 Å². The first-order chi connectivity index (χ1) is 9.51. The van der Waals surface area contributed by atoms with E-state index >= 15 is 0 Å². The molecule has 0 spiro atoms. The number of halogens is 4. The third-order valence-electron chi connectivity index (χ3n) is 2.83. The highest BCUT2D eigenvalue weighted by Gasteiger charge is 2.14. The van der Waals surface area contributed by atoms with E-state index in [1.165, 1.54) is 6.07 Å². The molecule has 106 valence electrons. The zero-order valence-corrected chi connectivity index (χ0v) is 14.3. The molecule has 2 nitrogen and oxygen atoms in total. The van der Waals surface area contributed by atoms with Crippen molar-refractivity contribution in [2.45, 2.75) is 6.04 Å². The summed E-state index contributed by atoms with van der Waals surface area (Å²) in [5.41, 5.74) is 7.10. The van der Waals surface area contributed by atoms with Gasteiger partial charge in [-0.3, -0.25) is 0 Å². The zero-order chi connectivity index (χ0) is 14.7. The van der Waals surface area contributed by atoms with E-state index in [-0.39, 0.29) is 18.4 Å². The summed E-state index contributed by atoms with van der Waals surface area (Å²) < 4.78 is 15.4. The standard InChI is InChI=1S/C14H12Br2ClFN2/c15-8-1-3-10(13(18)5-8)14(7-19)20-9-2-4-12(17)11(16)6-9/h1-6,14,20H,7,19H2. The van der Waals surface area contributed by atoms with Crippen molar-refractivity contribution in [3.8, 4) is 0 Å². The summed E-state index contributed by atoms with van der Waals surface area (Å²) in [4.78, 5) is 0. The summed E-state index contributed by atoms with van der Waals surface area (Å²) >= 11 is 12.5. The third-order valence-corrected chi connectivity index (χ3v) is 4.54. The normalized spacial score (nSPS) is 12.2. The highest BCUT2D eigenvalue weighted by Crippen LogP contribution is 2.29. The van der Waals surface area contributed by atoms with Crippen LogP contribution >= 0.6 is 43.5 Å². The lowest BCUT2D eigenvalue weighted by atomic mass is 10.1. The van der Waals surface area contributed by atoms with Crippen LogP contribution in [0.15, 0.2) is 45.3 Å². The molecule has 0 bridgehead atoms. The predicted octanol–water partition coefficient (Wildman–Crippen LogP) is 5.12. The first-order valence-electron chi connectivity index (χ1n) is 5.88. The summed E-state index contributed by atoms with van der Waals surface area (Å²) in [6.07, 6.45) is 0. The minimum atomic E-state index is -0.309. The van der Waals surface area contributed by atoms with Gasteiger partial charge in [-0.15, -0.1) is 0 Å². The molecule has 0 saturated carbocycles. The number of hydrogen-bond donors (Lipinski definition) is 2. The number of anilines is 1. The van der Waals surface area contributed by atoms with Crippen LogP contribution in [0.25, 0.3) is 0 Å². The van der Waals surface area contributed by atoms with Crippen molar-refractivity contribution in [3.05, 3.63) is 61.7 Å². The van der Waals surface area contributed by atoms with Crippen molar-refractivity contribution in [2.75, 3.05) is 11.9 Å². The van der Waals surface area contributed by atoms with E-state index in [2.05, 4.69) is 37.2 Å². The molecule has 20 heavy (non-hydrogen) atoms. The molecule has 0 aliphatic heterocycles. The van der Waals surface area contributed by atoms with E-state index in [9.17, 15) is 4.39 Å². The fourth-order valence-corrected chi connectivity index (χ4v) is 2.66. The van der Waals surface area contributed by atoms with Crippen LogP contribution in [0.2, 0.25) is 5.02 Å². The van der Waals surface area contributed by atoms with Crippen molar-refractivity contribution < 1.29 is 4.39 Å². The molecule has 0 saturated heterocycles. The number of hydrogen-bond acceptors (Lipinski definition) is 2. The van der Waals surface area contributed by atoms with Gasteiger partial charge in [-0.2, -0.15) is 0 Å². The molecule has 0 aromatic heterocycles. The SMILES string of the molecule is NCC(Nc1ccc(Cl)c(Br)c1)c1ccc(Br)cc1F. The van der Waals surface area contributed by atoms with Crippen molar-refractivity contribution in [2.24, 2.45) is 5.73 Å². The zero-order valence-electron chi connectivity index (χ0n) is 10.3. The molecule has 1 unspecified atom stereocenters. The lowest BCUT2D eigenvalue weighted by molar-refractivity contribution is 0.592. The first kappa shape index (κ1) is 15.8. The Morgan fingerprint density at radius 3 is 2.55 bits per heavy atom. The van der Waals surface area contributed by atoms with Crippen LogP contribution in [0.5, 0.6) is 0 Å². The second kappa shape index (κ2) is 6.89. The van der Waals surface area contributed by atoms with Gasteiger partial charge < -0.3 is 11.1 Å². The van der Waals surface area contributed by atoms with Crippen LogP contribution < -0.4 is 11.1 Å². The minimum absolute atomic E-state index is 0.277. The Morgan fingerprint density at radius 1 is 1.20 bits per heavy atom. The maximum absolute atomic E-state index is 14.0. The maximum Gasteiger partial charge on any atom is 0.129 e. The monoisotopic (exact) mass is 420 g/mol. The van der Waals surface area contributed by atoms with Gasteiger partial charge in [-0.05, 0) is 46.3 Å². The van der Waals surface area contributed by atoms with Crippen LogP contribution in [-0.4, -0.2) is 6.54 Å². The van der Waals surface area contributed by atoms with E-state index in [0.29, 0.717) is 15.1 Å². The average molecular weight is 423 g/mol. The van der Waals surface area contributed by atoms with E-state index in [0.717, 1.165) is 10.2 Å². The quantitative estimate of drug-likeness (QED) is 0.718. The summed E-state index contributed by atoms with van der Waals surface area (Å²) in [6.45, 7) is 0.277. The second-order valence-electron chi connectivity index (χ2n) is 4.23. The molecule has 0 aliphatic rings. The van der Waals surface area contributed by atoms with Gasteiger partial charge in [0.2, 0.25) is 0 Å². The molecule has 6 heteroatoms. The van der Waals surface area contributed by atoms with Crippen LogP contribution in [0.4, 0.5) is 10.1 Å². The Hall–Kier alpha value is -0.620. The molecule has 0 heterocycles. The summed E-state index contributed by atoms with van der Waals surface area (Å²) in [5, 5.41) is 3.82. The average Bonchev–Trinajstić information content (AvgIpc) is 2.41. The van der Waals surface area contributed by atoms with Gasteiger partial charge in [-0.1, -0.05) is 33.6 Å². The van der Waals surface area contributed by atoms with Crippen LogP contribution in [-0.2, 0) is 0 Å². The Kier molecular flexibility index (Phi) is 5.43. The van der Waals surface area contributed by atoms with Gasteiger partial charge in [0.15, 0.2) is 0 Å². The molecule has 0 amide bonds. The Morgan fingerprint density at radius 2 is 1.95 bits per heavy atom. The molecule has 2 aromatic rings. The Labute approximate surface area is 138 Å². The van der Waals surface area contributed by atoms with Crippen LogP contribution in [0, 0.1) is 5.82 Å². The molecular formula is C14H12Br2ClFN2. The molecular weight excluding hydrogens is 410 g/mol. The fourth-order valence-electron chi connectivity index (χ4n) is 1.83. The highest BCUT2D eigenvalue weighted by molar-refractivity contribution is 9.10. The molecule has 1 atom stereocenters. The lowest BCUT2D eigenvalue weighted by Gasteiger charge is -2.19. The number of nitrogens with one attached hydrogen (secondary N) is 1. The molecule has 0 fully saturated rings. The third kappa shape index (κ3) is 3.73. The first-order valence-corrected chi connectivity index (χ1v) is 7.84. The predicted molar refractivity (Wildman–Crippen MR) is 88.7 cm³/mol. The van der Waals surface area contributed by atoms with Crippen LogP contribution in [0.3, 0.4) is 0 Å². The number of rotatable bonds is 4. The van der Waals surface area contributed by atoms with E-state index in [1.54, 1.807) is 18.2 Å². The topological polar surface area (TPSA) is 38.0 Å². The minimum Gasteiger partial charge on any atom is -0.377 e. The largest absolute Gasteiger partial charge is 0.377 e. The summed E-state index contributed by atoms with van der Waals surface area (Å²) in [6, 6.07) is 10.1. The Balaban J connectivity index is 2.26. The van der Waals surface area contributed by atoms with E-state index in [1.807, 2.05) is 12.1 Å². The van der Waals surface area contributed by atoms with E-state index in [4.69, 9.17) is 17.3 Å². The van der Waals surface area contributed by atoms with Gasteiger partial charge in [0.1, 0.15) is 5.82 Å². The molecule has 2 rings (SSSR count). The summed E-state index contributed by atoms with van der Waals surface area (Å²) in [7, 11) is 0. The van der Waals surface area contributed by atoms with Crippen LogP contribution in [0.1, 0.15) is 11.6 Å². The van der Waals surface area contributed by atoms with Crippen molar-refractivity contribution in [3.63, 3.8) is 0 Å². The van der Waals surface area contributed by atoms with Crippen molar-refractivity contribution in [1.29, 1.82) is 0 Å². The maximum atomic E-state index is 14.0. The fraction of sp³-hybridized carbons (Fsp3) is 0.143. The van der Waals surface area contributed by atoms with E-state index < -0.39 is 0 Å². The lowest BCUT2D eigenvalue weighted by Crippen LogP contribution is -2.21. The molecule has 2 aromatic carbocycles. The van der Waals surface area contributed by atoms with Gasteiger partial charge in [-0.25, -0.2) is 4.39 Å². The number of benzene rings is 2. The van der Waals surface area contributed by atoms with Gasteiger partial charge in [0.05, 0.1) is 11.1 Å².